The second-order valence-electron chi connectivity index (χ2n) is 6.03. The van der Waals surface area contributed by atoms with Crippen LogP contribution in [0.1, 0.15) is 31.4 Å². The second-order valence-corrected chi connectivity index (χ2v) is 6.03. The van der Waals surface area contributed by atoms with E-state index in [4.69, 9.17) is 9.47 Å². The Morgan fingerprint density at radius 3 is 2.67 bits per heavy atom. The van der Waals surface area contributed by atoms with E-state index >= 15 is 0 Å². The van der Waals surface area contributed by atoms with Crippen LogP contribution < -0.4 is 10.6 Å². The van der Waals surface area contributed by atoms with Crippen molar-refractivity contribution in [1.29, 1.82) is 0 Å². The Hall–Kier alpha value is -3.09. The standard InChI is InChI=1S/C20H24N2O5/c1-4-15-18(19(24)26-5-2)16(22-20(25)21-15)12-27-17(23)10-9-14-8-6-7-13(3)11-14/h6-11,15H,4-5,12H2,1-3H3,(H2,21,22,25)/b10-9+/t15-/m0/s1. The number of carbonyl (C=O) groups is 3. The molecule has 0 unspecified atom stereocenters. The molecule has 0 bridgehead atoms. The average Bonchev–Trinajstić information content (AvgIpc) is 2.64. The van der Waals surface area contributed by atoms with Crippen LogP contribution in [0.4, 0.5) is 4.79 Å². The fraction of sp³-hybridized carbons (Fsp3) is 0.350. The molecule has 1 aromatic carbocycles. The predicted molar refractivity (Wildman–Crippen MR) is 101 cm³/mol. The number of nitrogens with one attached hydrogen (secondary N) is 2. The van der Waals surface area contributed by atoms with Crippen LogP contribution in [0.2, 0.25) is 0 Å². The third kappa shape index (κ3) is 5.70. The zero-order valence-electron chi connectivity index (χ0n) is 15.7. The summed E-state index contributed by atoms with van der Waals surface area (Å²) in [5, 5.41) is 5.20. The molecule has 27 heavy (non-hydrogen) atoms. The quantitative estimate of drug-likeness (QED) is 0.566. The summed E-state index contributed by atoms with van der Waals surface area (Å²) in [6, 6.07) is 6.72. The molecule has 0 saturated carbocycles. The molecule has 2 amide bonds. The summed E-state index contributed by atoms with van der Waals surface area (Å²) in [7, 11) is 0. The van der Waals surface area contributed by atoms with Gasteiger partial charge in [-0.15, -0.1) is 0 Å². The van der Waals surface area contributed by atoms with E-state index in [1.807, 2.05) is 38.1 Å². The van der Waals surface area contributed by atoms with Gasteiger partial charge in [-0.05, 0) is 31.9 Å². The zero-order chi connectivity index (χ0) is 19.8. The van der Waals surface area contributed by atoms with Crippen LogP contribution in [0.15, 0.2) is 41.6 Å². The van der Waals surface area contributed by atoms with Crippen LogP contribution >= 0.6 is 0 Å². The summed E-state index contributed by atoms with van der Waals surface area (Å²) in [6.45, 7) is 5.48. The number of hydrogen-bond donors (Lipinski definition) is 2. The van der Waals surface area contributed by atoms with E-state index in [-0.39, 0.29) is 24.5 Å². The van der Waals surface area contributed by atoms with Crippen molar-refractivity contribution < 1.29 is 23.9 Å². The summed E-state index contributed by atoms with van der Waals surface area (Å²) in [6.07, 6.45) is 3.46. The number of ether oxygens (including phenoxy) is 2. The predicted octanol–water partition coefficient (Wildman–Crippen LogP) is 2.46. The molecule has 0 aliphatic carbocycles. The number of carbonyl (C=O) groups excluding carboxylic acids is 3. The molecular formula is C20H24N2O5. The van der Waals surface area contributed by atoms with E-state index in [9.17, 15) is 14.4 Å². The maximum Gasteiger partial charge on any atom is 0.338 e. The van der Waals surface area contributed by atoms with Gasteiger partial charge in [0, 0.05) is 6.08 Å². The molecule has 1 aromatic rings. The van der Waals surface area contributed by atoms with Gasteiger partial charge in [0.2, 0.25) is 0 Å². The molecule has 0 saturated heterocycles. The van der Waals surface area contributed by atoms with Gasteiger partial charge in [-0.1, -0.05) is 36.8 Å². The lowest BCUT2D eigenvalue weighted by atomic mass is 10.0. The van der Waals surface area contributed by atoms with Crippen molar-refractivity contribution in [3.63, 3.8) is 0 Å². The molecule has 1 aliphatic heterocycles. The van der Waals surface area contributed by atoms with Gasteiger partial charge in [-0.2, -0.15) is 0 Å². The molecule has 7 nitrogen and oxygen atoms in total. The molecule has 2 N–H and O–H groups in total. The molecule has 2 rings (SSSR count). The van der Waals surface area contributed by atoms with Crippen molar-refractivity contribution in [3.05, 3.63) is 52.7 Å². The van der Waals surface area contributed by atoms with Crippen LogP contribution in [0.3, 0.4) is 0 Å². The molecule has 0 fully saturated rings. The highest BCUT2D eigenvalue weighted by Crippen LogP contribution is 2.17. The number of amides is 2. The Morgan fingerprint density at radius 2 is 2.00 bits per heavy atom. The smallest absolute Gasteiger partial charge is 0.338 e. The van der Waals surface area contributed by atoms with Gasteiger partial charge in [-0.3, -0.25) is 0 Å². The minimum absolute atomic E-state index is 0.207. The first-order valence-corrected chi connectivity index (χ1v) is 8.83. The lowest BCUT2D eigenvalue weighted by molar-refractivity contribution is -0.140. The average molecular weight is 372 g/mol. The van der Waals surface area contributed by atoms with Gasteiger partial charge >= 0.3 is 18.0 Å². The molecule has 1 aliphatic rings. The van der Waals surface area contributed by atoms with Crippen LogP contribution in [-0.4, -0.2) is 37.2 Å². The van der Waals surface area contributed by atoms with E-state index < -0.39 is 24.0 Å². The van der Waals surface area contributed by atoms with E-state index in [1.54, 1.807) is 13.0 Å². The first kappa shape index (κ1) is 20.2. The van der Waals surface area contributed by atoms with Crippen molar-refractivity contribution in [2.75, 3.05) is 13.2 Å². The van der Waals surface area contributed by atoms with Gasteiger partial charge in [-0.25, -0.2) is 14.4 Å². The molecule has 1 heterocycles. The first-order chi connectivity index (χ1) is 12.9. The topological polar surface area (TPSA) is 93.7 Å². The highest BCUT2D eigenvalue weighted by atomic mass is 16.5. The number of benzene rings is 1. The third-order valence-corrected chi connectivity index (χ3v) is 3.96. The lowest BCUT2D eigenvalue weighted by Gasteiger charge is -2.28. The Bertz CT molecular complexity index is 782. The summed E-state index contributed by atoms with van der Waals surface area (Å²) in [4.78, 5) is 36.0. The van der Waals surface area contributed by atoms with E-state index in [2.05, 4.69) is 10.6 Å². The second kappa shape index (κ2) is 9.56. The van der Waals surface area contributed by atoms with Gasteiger partial charge in [0.05, 0.1) is 23.9 Å². The SMILES string of the molecule is CCOC(=O)C1=C(COC(=O)/C=C/c2cccc(C)c2)NC(=O)N[C@H]1CC. The Kier molecular flexibility index (Phi) is 7.16. The molecule has 1 atom stereocenters. The van der Waals surface area contributed by atoms with Crippen LogP contribution in [0, 0.1) is 6.92 Å². The summed E-state index contributed by atoms with van der Waals surface area (Å²) in [5.41, 5.74) is 2.47. The maximum absolute atomic E-state index is 12.2. The Labute approximate surface area is 158 Å². The molecule has 7 heteroatoms. The molecular weight excluding hydrogens is 348 g/mol. The summed E-state index contributed by atoms with van der Waals surface area (Å²) >= 11 is 0. The largest absolute Gasteiger partial charge is 0.463 e. The summed E-state index contributed by atoms with van der Waals surface area (Å²) in [5.74, 6) is -1.12. The van der Waals surface area contributed by atoms with Crippen molar-refractivity contribution >= 4 is 24.0 Å². The van der Waals surface area contributed by atoms with Gasteiger partial charge in [0.25, 0.3) is 0 Å². The third-order valence-electron chi connectivity index (χ3n) is 3.96. The van der Waals surface area contributed by atoms with Crippen LogP contribution in [0.5, 0.6) is 0 Å². The first-order valence-electron chi connectivity index (χ1n) is 8.83. The lowest BCUT2D eigenvalue weighted by Crippen LogP contribution is -2.51. The molecule has 144 valence electrons. The highest BCUT2D eigenvalue weighted by Gasteiger charge is 2.31. The normalized spacial score (nSPS) is 16.7. The minimum atomic E-state index is -0.576. The van der Waals surface area contributed by atoms with Crippen molar-refractivity contribution in [2.45, 2.75) is 33.2 Å². The Morgan fingerprint density at radius 1 is 1.22 bits per heavy atom. The number of aryl methyl sites for hydroxylation is 1. The van der Waals surface area contributed by atoms with E-state index in [0.717, 1.165) is 11.1 Å². The van der Waals surface area contributed by atoms with Crippen molar-refractivity contribution in [1.82, 2.24) is 10.6 Å². The number of rotatable bonds is 7. The fourth-order valence-electron chi connectivity index (χ4n) is 2.70. The van der Waals surface area contributed by atoms with Crippen LogP contribution in [-0.2, 0) is 19.1 Å². The number of esters is 2. The van der Waals surface area contributed by atoms with Gasteiger partial charge < -0.3 is 20.1 Å². The van der Waals surface area contributed by atoms with Gasteiger partial charge in [0.15, 0.2) is 0 Å². The zero-order valence-corrected chi connectivity index (χ0v) is 15.7. The fourth-order valence-corrected chi connectivity index (χ4v) is 2.70. The minimum Gasteiger partial charge on any atom is -0.463 e. The van der Waals surface area contributed by atoms with Gasteiger partial charge in [0.1, 0.15) is 6.61 Å². The molecule has 0 radical (unpaired) electrons. The number of urea groups is 1. The summed E-state index contributed by atoms with van der Waals surface area (Å²) < 4.78 is 10.3. The monoisotopic (exact) mass is 372 g/mol. The van der Waals surface area contributed by atoms with Crippen LogP contribution in [0.25, 0.3) is 6.08 Å². The molecule has 0 aromatic heterocycles. The van der Waals surface area contributed by atoms with E-state index in [1.165, 1.54) is 6.08 Å². The molecule has 0 spiro atoms. The Balaban J connectivity index is 2.10. The van der Waals surface area contributed by atoms with E-state index in [0.29, 0.717) is 6.42 Å². The number of hydrogen-bond acceptors (Lipinski definition) is 5. The van der Waals surface area contributed by atoms with Crippen molar-refractivity contribution in [3.8, 4) is 0 Å². The van der Waals surface area contributed by atoms with Crippen molar-refractivity contribution in [2.24, 2.45) is 0 Å². The maximum atomic E-state index is 12.2. The highest BCUT2D eigenvalue weighted by molar-refractivity contribution is 5.95.